The van der Waals surface area contributed by atoms with E-state index in [4.69, 9.17) is 20.8 Å². The number of rotatable bonds is 7. The number of nitrogens with zero attached hydrogens (tertiary/aromatic N) is 1. The number of benzene rings is 3. The molecule has 0 fully saturated rings. The van der Waals surface area contributed by atoms with Crippen molar-refractivity contribution in [2.75, 3.05) is 17.7 Å². The molecule has 0 saturated carbocycles. The Morgan fingerprint density at radius 2 is 1.74 bits per heavy atom. The van der Waals surface area contributed by atoms with E-state index < -0.39 is 16.7 Å². The highest BCUT2D eigenvalue weighted by atomic mass is 35.5. The number of hydrogen-bond acceptors (Lipinski definition) is 6. The van der Waals surface area contributed by atoms with Crippen LogP contribution in [0.5, 0.6) is 5.75 Å². The van der Waals surface area contributed by atoms with Crippen molar-refractivity contribution in [1.29, 1.82) is 0 Å². The number of nitro groups is 1. The van der Waals surface area contributed by atoms with Crippen molar-refractivity contribution in [2.45, 2.75) is 0 Å². The smallest absolute Gasteiger partial charge is 0.291 e. The van der Waals surface area contributed by atoms with E-state index in [0.29, 0.717) is 39.0 Å². The number of non-ortho nitro benzene ring substituents is 1. The second-order valence-electron chi connectivity index (χ2n) is 7.27. The summed E-state index contributed by atoms with van der Waals surface area (Å²) in [4.78, 5) is 35.7. The van der Waals surface area contributed by atoms with E-state index >= 15 is 0 Å². The molecule has 0 aliphatic heterocycles. The molecular formula is C25H18ClN3O6. The first-order chi connectivity index (χ1) is 16.9. The molecule has 2 N–H and O–H groups in total. The Hall–Kier alpha value is -4.63. The molecule has 0 aliphatic carbocycles. The maximum atomic E-state index is 12.7. The van der Waals surface area contributed by atoms with Gasteiger partial charge in [0.25, 0.3) is 17.5 Å². The SMILES string of the molecule is COc1cc(NC(=O)c2ccc(-c3cccc([N+](=O)[O-])c3)o2)ccc1NC(=O)c1ccccc1Cl. The normalized spacial score (nSPS) is 10.5. The van der Waals surface area contributed by atoms with Gasteiger partial charge >= 0.3 is 0 Å². The van der Waals surface area contributed by atoms with Gasteiger partial charge in [-0.25, -0.2) is 0 Å². The number of nitrogens with one attached hydrogen (secondary N) is 2. The topological polar surface area (TPSA) is 124 Å². The Balaban J connectivity index is 1.48. The van der Waals surface area contributed by atoms with Crippen LogP contribution in [0.2, 0.25) is 5.02 Å². The van der Waals surface area contributed by atoms with Gasteiger partial charge in [-0.3, -0.25) is 19.7 Å². The van der Waals surface area contributed by atoms with Crippen LogP contribution in [0.1, 0.15) is 20.9 Å². The number of methoxy groups -OCH3 is 1. The molecule has 0 unspecified atom stereocenters. The van der Waals surface area contributed by atoms with Gasteiger partial charge in [-0.05, 0) is 36.4 Å². The summed E-state index contributed by atoms with van der Waals surface area (Å²) in [6.45, 7) is 0. The van der Waals surface area contributed by atoms with Crippen molar-refractivity contribution < 1.29 is 23.7 Å². The lowest BCUT2D eigenvalue weighted by Crippen LogP contribution is -2.14. The largest absolute Gasteiger partial charge is 0.494 e. The Morgan fingerprint density at radius 1 is 0.943 bits per heavy atom. The average molecular weight is 492 g/mol. The zero-order chi connectivity index (χ0) is 24.9. The highest BCUT2D eigenvalue weighted by molar-refractivity contribution is 6.34. The van der Waals surface area contributed by atoms with Crippen LogP contribution < -0.4 is 15.4 Å². The Bertz CT molecular complexity index is 1430. The summed E-state index contributed by atoms with van der Waals surface area (Å²) in [7, 11) is 1.43. The minimum Gasteiger partial charge on any atom is -0.494 e. The first-order valence-electron chi connectivity index (χ1n) is 10.3. The van der Waals surface area contributed by atoms with Gasteiger partial charge in [-0.2, -0.15) is 0 Å². The van der Waals surface area contributed by atoms with Crippen molar-refractivity contribution in [3.05, 3.63) is 105 Å². The summed E-state index contributed by atoms with van der Waals surface area (Å²) in [5.41, 5.74) is 1.49. The fourth-order valence-electron chi connectivity index (χ4n) is 3.29. The van der Waals surface area contributed by atoms with Gasteiger partial charge in [0.1, 0.15) is 11.5 Å². The molecule has 0 atom stereocenters. The number of carbonyl (C=O) groups excluding carboxylic acids is 2. The molecule has 4 rings (SSSR count). The quantitative estimate of drug-likeness (QED) is 0.240. The fraction of sp³-hybridized carbons (Fsp3) is 0.0400. The standard InChI is InChI=1S/C25H18ClN3O6/c1-34-23-14-16(9-10-20(23)28-24(30)18-7-2-3-8-19(18)26)27-25(31)22-12-11-21(35-22)15-5-4-6-17(13-15)29(32)33/h2-14H,1H3,(H,27,31)(H,28,30). The molecule has 3 aromatic carbocycles. The number of carbonyl (C=O) groups is 2. The summed E-state index contributed by atoms with van der Waals surface area (Å²) in [6, 6.07) is 20.3. The monoisotopic (exact) mass is 491 g/mol. The molecule has 1 aromatic heterocycles. The summed E-state index contributed by atoms with van der Waals surface area (Å²) in [5, 5.41) is 16.7. The van der Waals surface area contributed by atoms with Crippen molar-refractivity contribution in [3.63, 3.8) is 0 Å². The van der Waals surface area contributed by atoms with Gasteiger partial charge in [0, 0.05) is 29.4 Å². The van der Waals surface area contributed by atoms with E-state index in [1.165, 1.54) is 31.4 Å². The lowest BCUT2D eigenvalue weighted by molar-refractivity contribution is -0.384. The van der Waals surface area contributed by atoms with Crippen LogP contribution in [0.4, 0.5) is 17.1 Å². The first-order valence-corrected chi connectivity index (χ1v) is 10.6. The number of halogens is 1. The maximum Gasteiger partial charge on any atom is 0.291 e. The Labute approximate surface area is 204 Å². The molecular weight excluding hydrogens is 474 g/mol. The van der Waals surface area contributed by atoms with Gasteiger partial charge in [0.15, 0.2) is 5.76 Å². The molecule has 10 heteroatoms. The average Bonchev–Trinajstić information content (AvgIpc) is 3.36. The molecule has 35 heavy (non-hydrogen) atoms. The molecule has 4 aromatic rings. The summed E-state index contributed by atoms with van der Waals surface area (Å²) in [5.74, 6) is -0.290. The number of amides is 2. The van der Waals surface area contributed by atoms with Crippen LogP contribution in [0.3, 0.4) is 0 Å². The molecule has 0 spiro atoms. The number of ether oxygens (including phenoxy) is 1. The summed E-state index contributed by atoms with van der Waals surface area (Å²) >= 11 is 6.08. The molecule has 1 heterocycles. The zero-order valence-electron chi connectivity index (χ0n) is 18.3. The first kappa shape index (κ1) is 23.5. The number of anilines is 2. The van der Waals surface area contributed by atoms with Crippen LogP contribution in [0.25, 0.3) is 11.3 Å². The third-order valence-electron chi connectivity index (χ3n) is 5.00. The maximum absolute atomic E-state index is 12.7. The van der Waals surface area contributed by atoms with E-state index in [0.717, 1.165) is 0 Å². The van der Waals surface area contributed by atoms with E-state index in [2.05, 4.69) is 10.6 Å². The van der Waals surface area contributed by atoms with Gasteiger partial charge in [-0.1, -0.05) is 35.9 Å². The Kier molecular flexibility index (Phi) is 6.79. The molecule has 176 valence electrons. The molecule has 0 saturated heterocycles. The minimum atomic E-state index is -0.531. The van der Waals surface area contributed by atoms with Crippen LogP contribution in [0.15, 0.2) is 83.3 Å². The third kappa shape index (κ3) is 5.31. The summed E-state index contributed by atoms with van der Waals surface area (Å²) < 4.78 is 11.0. The number of hydrogen-bond donors (Lipinski definition) is 2. The number of furan rings is 1. The third-order valence-corrected chi connectivity index (χ3v) is 5.33. The predicted octanol–water partition coefficient (Wildman–Crippen LogP) is 6.02. The fourth-order valence-corrected chi connectivity index (χ4v) is 3.51. The molecule has 0 radical (unpaired) electrons. The van der Waals surface area contributed by atoms with Crippen LogP contribution in [-0.2, 0) is 0 Å². The Morgan fingerprint density at radius 3 is 2.49 bits per heavy atom. The van der Waals surface area contributed by atoms with E-state index in [1.54, 1.807) is 54.6 Å². The summed E-state index contributed by atoms with van der Waals surface area (Å²) in [6.07, 6.45) is 0. The van der Waals surface area contributed by atoms with Gasteiger partial charge in [0.05, 0.1) is 28.3 Å². The second-order valence-corrected chi connectivity index (χ2v) is 7.68. The van der Waals surface area contributed by atoms with E-state index in [1.807, 2.05) is 0 Å². The van der Waals surface area contributed by atoms with Crippen molar-refractivity contribution in [1.82, 2.24) is 0 Å². The van der Waals surface area contributed by atoms with E-state index in [-0.39, 0.29) is 11.4 Å². The highest BCUT2D eigenvalue weighted by Gasteiger charge is 2.17. The van der Waals surface area contributed by atoms with Crippen molar-refractivity contribution >= 4 is 40.5 Å². The van der Waals surface area contributed by atoms with Crippen molar-refractivity contribution in [3.8, 4) is 17.1 Å². The van der Waals surface area contributed by atoms with Gasteiger partial charge in [-0.15, -0.1) is 0 Å². The highest BCUT2D eigenvalue weighted by Crippen LogP contribution is 2.30. The molecule has 0 bridgehead atoms. The lowest BCUT2D eigenvalue weighted by atomic mass is 10.1. The van der Waals surface area contributed by atoms with Crippen molar-refractivity contribution in [2.24, 2.45) is 0 Å². The molecule has 2 amide bonds. The van der Waals surface area contributed by atoms with Gasteiger partial charge in [0.2, 0.25) is 0 Å². The van der Waals surface area contributed by atoms with Crippen LogP contribution in [-0.4, -0.2) is 23.8 Å². The van der Waals surface area contributed by atoms with Crippen LogP contribution >= 0.6 is 11.6 Å². The number of nitro benzene ring substituents is 1. The predicted molar refractivity (Wildman–Crippen MR) is 131 cm³/mol. The van der Waals surface area contributed by atoms with E-state index in [9.17, 15) is 19.7 Å². The van der Waals surface area contributed by atoms with Crippen LogP contribution in [0, 0.1) is 10.1 Å². The van der Waals surface area contributed by atoms with Gasteiger partial charge < -0.3 is 19.8 Å². The zero-order valence-corrected chi connectivity index (χ0v) is 19.0. The lowest BCUT2D eigenvalue weighted by Gasteiger charge is -2.13. The minimum absolute atomic E-state index is 0.0153. The second kappa shape index (κ2) is 10.1. The molecule has 9 nitrogen and oxygen atoms in total. The molecule has 0 aliphatic rings.